The fourth-order valence-electron chi connectivity index (χ4n) is 1.81. The average molecular weight is 323 g/mol. The number of hydrogen-bond donors (Lipinski definition) is 0. The fraction of sp³-hybridized carbons (Fsp3) is 0.600. The predicted octanol–water partition coefficient (Wildman–Crippen LogP) is 3.79. The van der Waals surface area contributed by atoms with E-state index in [1.54, 1.807) is 0 Å². The molecule has 0 N–H and O–H groups in total. The molecule has 4 heteroatoms. The Hall–Kier alpha value is 0.200. The van der Waals surface area contributed by atoms with Crippen LogP contribution >= 0.6 is 31.9 Å². The van der Waals surface area contributed by atoms with Crippen LogP contribution in [0.15, 0.2) is 19.6 Å². The minimum absolute atomic E-state index is 0.796. The lowest BCUT2D eigenvalue weighted by molar-refractivity contribution is 0.204. The SMILES string of the molecule is Brc1cc(CN2CCCCC2)oc1Br. The molecule has 1 fully saturated rings. The van der Waals surface area contributed by atoms with E-state index in [1.807, 2.05) is 6.07 Å². The van der Waals surface area contributed by atoms with E-state index in [-0.39, 0.29) is 0 Å². The molecule has 1 saturated heterocycles. The molecule has 0 bridgehead atoms. The molecule has 78 valence electrons. The molecule has 1 aromatic rings. The first-order chi connectivity index (χ1) is 6.75. The van der Waals surface area contributed by atoms with Crippen molar-refractivity contribution in [3.8, 4) is 0 Å². The molecule has 1 aliphatic rings. The number of rotatable bonds is 2. The van der Waals surface area contributed by atoms with Crippen molar-refractivity contribution in [1.29, 1.82) is 0 Å². The van der Waals surface area contributed by atoms with Gasteiger partial charge in [-0.05, 0) is 63.9 Å². The summed E-state index contributed by atoms with van der Waals surface area (Å²) in [5, 5.41) is 0. The average Bonchev–Trinajstić information content (AvgIpc) is 2.47. The van der Waals surface area contributed by atoms with Gasteiger partial charge in [-0.25, -0.2) is 0 Å². The number of piperidine rings is 1. The Morgan fingerprint density at radius 2 is 1.93 bits per heavy atom. The van der Waals surface area contributed by atoms with Gasteiger partial charge in [0.2, 0.25) is 0 Å². The molecule has 0 unspecified atom stereocenters. The molecule has 0 aliphatic carbocycles. The van der Waals surface area contributed by atoms with E-state index in [0.717, 1.165) is 21.4 Å². The quantitative estimate of drug-likeness (QED) is 0.823. The third-order valence-electron chi connectivity index (χ3n) is 2.52. The topological polar surface area (TPSA) is 16.4 Å². The molecule has 14 heavy (non-hydrogen) atoms. The largest absolute Gasteiger partial charge is 0.452 e. The third kappa shape index (κ3) is 2.61. The molecule has 0 amide bonds. The Balaban J connectivity index is 1.95. The summed E-state index contributed by atoms with van der Waals surface area (Å²) in [5.41, 5.74) is 0. The summed E-state index contributed by atoms with van der Waals surface area (Å²) in [6.07, 6.45) is 4.02. The first-order valence-electron chi connectivity index (χ1n) is 4.92. The Morgan fingerprint density at radius 1 is 1.21 bits per heavy atom. The number of nitrogens with zero attached hydrogens (tertiary/aromatic N) is 1. The third-order valence-corrected chi connectivity index (χ3v) is 4.23. The smallest absolute Gasteiger partial charge is 0.183 e. The molecule has 1 aliphatic heterocycles. The van der Waals surface area contributed by atoms with Crippen LogP contribution in [-0.2, 0) is 6.54 Å². The monoisotopic (exact) mass is 321 g/mol. The lowest BCUT2D eigenvalue weighted by atomic mass is 10.1. The molecule has 2 heterocycles. The highest BCUT2D eigenvalue weighted by molar-refractivity contribution is 9.13. The van der Waals surface area contributed by atoms with Crippen LogP contribution in [0, 0.1) is 0 Å². The van der Waals surface area contributed by atoms with Gasteiger partial charge in [0.1, 0.15) is 5.76 Å². The second-order valence-corrected chi connectivity index (χ2v) is 5.25. The molecule has 0 radical (unpaired) electrons. The van der Waals surface area contributed by atoms with E-state index in [1.165, 1.54) is 32.4 Å². The van der Waals surface area contributed by atoms with Crippen LogP contribution in [0.5, 0.6) is 0 Å². The summed E-state index contributed by atoms with van der Waals surface area (Å²) in [5.74, 6) is 1.03. The molecule has 0 spiro atoms. The zero-order valence-electron chi connectivity index (χ0n) is 7.93. The Labute approximate surface area is 101 Å². The summed E-state index contributed by atoms with van der Waals surface area (Å²) in [4.78, 5) is 2.45. The van der Waals surface area contributed by atoms with Crippen LogP contribution < -0.4 is 0 Å². The van der Waals surface area contributed by atoms with Gasteiger partial charge >= 0.3 is 0 Å². The minimum Gasteiger partial charge on any atom is -0.452 e. The highest BCUT2D eigenvalue weighted by Crippen LogP contribution is 2.27. The maximum atomic E-state index is 5.55. The lowest BCUT2D eigenvalue weighted by Crippen LogP contribution is -2.28. The zero-order chi connectivity index (χ0) is 9.97. The Kier molecular flexibility index (Phi) is 3.68. The fourth-order valence-corrected chi connectivity index (χ4v) is 2.47. The van der Waals surface area contributed by atoms with E-state index in [4.69, 9.17) is 4.42 Å². The highest BCUT2D eigenvalue weighted by Gasteiger charge is 2.13. The molecule has 0 aromatic carbocycles. The van der Waals surface area contributed by atoms with Gasteiger partial charge in [-0.2, -0.15) is 0 Å². The van der Waals surface area contributed by atoms with Crippen LogP contribution in [0.3, 0.4) is 0 Å². The summed E-state index contributed by atoms with van der Waals surface area (Å²) < 4.78 is 7.35. The van der Waals surface area contributed by atoms with Crippen LogP contribution in [-0.4, -0.2) is 18.0 Å². The van der Waals surface area contributed by atoms with Crippen LogP contribution in [0.4, 0.5) is 0 Å². The number of hydrogen-bond acceptors (Lipinski definition) is 2. The minimum atomic E-state index is 0.796. The van der Waals surface area contributed by atoms with Gasteiger partial charge in [0.05, 0.1) is 11.0 Å². The van der Waals surface area contributed by atoms with E-state index in [9.17, 15) is 0 Å². The Morgan fingerprint density at radius 3 is 2.50 bits per heavy atom. The van der Waals surface area contributed by atoms with E-state index in [2.05, 4.69) is 36.8 Å². The number of likely N-dealkylation sites (tertiary alicyclic amines) is 1. The maximum absolute atomic E-state index is 5.55. The molecule has 2 rings (SSSR count). The summed E-state index contributed by atoms with van der Waals surface area (Å²) >= 11 is 6.77. The maximum Gasteiger partial charge on any atom is 0.183 e. The Bertz CT molecular complexity index is 286. The van der Waals surface area contributed by atoms with Gasteiger partial charge in [0.25, 0.3) is 0 Å². The molecule has 2 nitrogen and oxygen atoms in total. The highest BCUT2D eigenvalue weighted by atomic mass is 79.9. The van der Waals surface area contributed by atoms with Gasteiger partial charge < -0.3 is 4.42 Å². The van der Waals surface area contributed by atoms with Gasteiger partial charge in [-0.1, -0.05) is 6.42 Å². The first-order valence-corrected chi connectivity index (χ1v) is 6.50. The standard InChI is InChI=1S/C10H13Br2NO/c11-9-6-8(14-10(9)12)7-13-4-2-1-3-5-13/h6H,1-5,7H2. The van der Waals surface area contributed by atoms with E-state index in [0.29, 0.717) is 0 Å². The first kappa shape index (κ1) is 10.7. The number of furan rings is 1. The predicted molar refractivity (Wildman–Crippen MR) is 63.2 cm³/mol. The van der Waals surface area contributed by atoms with Crippen LogP contribution in [0.1, 0.15) is 25.0 Å². The molecule has 1 aromatic heterocycles. The van der Waals surface area contributed by atoms with Gasteiger partial charge in [0.15, 0.2) is 4.67 Å². The molecule has 0 saturated carbocycles. The van der Waals surface area contributed by atoms with Gasteiger partial charge in [-0.15, -0.1) is 0 Å². The van der Waals surface area contributed by atoms with Crippen molar-refractivity contribution >= 4 is 31.9 Å². The van der Waals surface area contributed by atoms with Crippen LogP contribution in [0.25, 0.3) is 0 Å². The molecular formula is C10H13Br2NO. The zero-order valence-corrected chi connectivity index (χ0v) is 11.1. The van der Waals surface area contributed by atoms with Crippen molar-refractivity contribution in [3.63, 3.8) is 0 Å². The second kappa shape index (κ2) is 4.81. The van der Waals surface area contributed by atoms with Crippen molar-refractivity contribution in [2.24, 2.45) is 0 Å². The van der Waals surface area contributed by atoms with Crippen molar-refractivity contribution in [2.75, 3.05) is 13.1 Å². The van der Waals surface area contributed by atoms with Crippen molar-refractivity contribution < 1.29 is 4.42 Å². The second-order valence-electron chi connectivity index (χ2n) is 3.67. The van der Waals surface area contributed by atoms with Gasteiger partial charge in [-0.3, -0.25) is 4.90 Å². The van der Waals surface area contributed by atoms with Crippen molar-refractivity contribution in [2.45, 2.75) is 25.8 Å². The summed E-state index contributed by atoms with van der Waals surface area (Å²) in [6.45, 7) is 3.34. The summed E-state index contributed by atoms with van der Waals surface area (Å²) in [6, 6.07) is 2.04. The van der Waals surface area contributed by atoms with Crippen LogP contribution in [0.2, 0.25) is 0 Å². The van der Waals surface area contributed by atoms with Gasteiger partial charge in [0, 0.05) is 0 Å². The number of halogens is 2. The van der Waals surface area contributed by atoms with Crippen molar-refractivity contribution in [1.82, 2.24) is 4.90 Å². The normalized spacial score (nSPS) is 18.7. The molecular weight excluding hydrogens is 310 g/mol. The van der Waals surface area contributed by atoms with E-state index < -0.39 is 0 Å². The van der Waals surface area contributed by atoms with Crippen molar-refractivity contribution in [3.05, 3.63) is 21.0 Å². The van der Waals surface area contributed by atoms with E-state index >= 15 is 0 Å². The summed E-state index contributed by atoms with van der Waals surface area (Å²) in [7, 11) is 0. The molecule has 0 atom stereocenters. The lowest BCUT2D eigenvalue weighted by Gasteiger charge is -2.25.